The molecule has 14 heavy (non-hydrogen) atoms. The van der Waals surface area contributed by atoms with Crippen molar-refractivity contribution in [2.24, 2.45) is 0 Å². The molecule has 0 amide bonds. The van der Waals surface area contributed by atoms with Crippen molar-refractivity contribution in [3.05, 3.63) is 11.7 Å². The molecule has 0 aromatic carbocycles. The molecule has 1 rings (SSSR count). The van der Waals surface area contributed by atoms with Crippen LogP contribution in [0.25, 0.3) is 0 Å². The molecule has 3 nitrogen and oxygen atoms in total. The fraction of sp³-hybridized carbons (Fsp3) is 0.818. The molecular weight excluding hydrogens is 176 g/mol. The van der Waals surface area contributed by atoms with Gasteiger partial charge in [-0.3, -0.25) is 0 Å². The first kappa shape index (κ1) is 11.2. The second-order valence-corrected chi connectivity index (χ2v) is 3.81. The number of rotatable bonds is 6. The molecule has 0 bridgehead atoms. The molecule has 0 saturated heterocycles. The minimum atomic E-state index is 0.473. The lowest BCUT2D eigenvalue weighted by Gasteiger charge is -2.09. The van der Waals surface area contributed by atoms with Crippen molar-refractivity contribution in [3.8, 4) is 0 Å². The van der Waals surface area contributed by atoms with Gasteiger partial charge in [0.1, 0.15) is 0 Å². The summed E-state index contributed by atoms with van der Waals surface area (Å²) >= 11 is 0. The molecule has 0 saturated carbocycles. The van der Waals surface area contributed by atoms with Crippen LogP contribution in [0.1, 0.15) is 63.6 Å². The van der Waals surface area contributed by atoms with Crippen molar-refractivity contribution in [1.82, 2.24) is 10.1 Å². The molecule has 1 heterocycles. The van der Waals surface area contributed by atoms with Gasteiger partial charge in [0.2, 0.25) is 5.89 Å². The maximum atomic E-state index is 5.21. The summed E-state index contributed by atoms with van der Waals surface area (Å²) in [6, 6.07) is 0. The molecule has 1 aromatic heterocycles. The van der Waals surface area contributed by atoms with Crippen LogP contribution in [-0.4, -0.2) is 10.1 Å². The minimum absolute atomic E-state index is 0.473. The van der Waals surface area contributed by atoms with Gasteiger partial charge in [-0.1, -0.05) is 38.3 Å². The Morgan fingerprint density at radius 2 is 2.00 bits per heavy atom. The Kier molecular flexibility index (Phi) is 4.63. The molecule has 0 aliphatic carbocycles. The molecule has 1 atom stereocenters. The zero-order chi connectivity index (χ0) is 10.4. The van der Waals surface area contributed by atoms with Crippen molar-refractivity contribution < 1.29 is 4.52 Å². The molecule has 0 spiro atoms. The third-order valence-electron chi connectivity index (χ3n) is 2.44. The van der Waals surface area contributed by atoms with Gasteiger partial charge in [0.05, 0.1) is 0 Å². The summed E-state index contributed by atoms with van der Waals surface area (Å²) in [5.74, 6) is 2.05. The molecule has 0 aliphatic heterocycles. The van der Waals surface area contributed by atoms with E-state index < -0.39 is 0 Å². The summed E-state index contributed by atoms with van der Waals surface area (Å²) in [6.45, 7) is 6.28. The fourth-order valence-electron chi connectivity index (χ4n) is 1.67. The number of unbranched alkanes of at least 4 members (excludes halogenated alkanes) is 1. The van der Waals surface area contributed by atoms with Crippen LogP contribution in [0.15, 0.2) is 4.52 Å². The lowest BCUT2D eigenvalue weighted by Crippen LogP contribution is -1.99. The Balaban J connectivity index is 2.57. The van der Waals surface area contributed by atoms with E-state index in [9.17, 15) is 0 Å². The molecule has 0 aliphatic rings. The Hall–Kier alpha value is -0.860. The van der Waals surface area contributed by atoms with E-state index in [1.165, 1.54) is 25.7 Å². The highest BCUT2D eigenvalue weighted by atomic mass is 16.5. The zero-order valence-corrected chi connectivity index (χ0v) is 9.42. The first-order chi connectivity index (χ1) is 6.77. The van der Waals surface area contributed by atoms with Gasteiger partial charge in [0.25, 0.3) is 0 Å². The topological polar surface area (TPSA) is 38.9 Å². The predicted molar refractivity (Wildman–Crippen MR) is 56.2 cm³/mol. The Bertz CT molecular complexity index is 258. The maximum Gasteiger partial charge on any atom is 0.229 e. The second kappa shape index (κ2) is 5.78. The smallest absolute Gasteiger partial charge is 0.229 e. The van der Waals surface area contributed by atoms with Crippen LogP contribution in [0.5, 0.6) is 0 Å². The fourth-order valence-corrected chi connectivity index (χ4v) is 1.67. The SMILES string of the molecule is CCCCC(CCC)c1nc(C)no1. The lowest BCUT2D eigenvalue weighted by atomic mass is 9.97. The van der Waals surface area contributed by atoms with Gasteiger partial charge in [-0.25, -0.2) is 0 Å². The molecule has 0 fully saturated rings. The van der Waals surface area contributed by atoms with Crippen LogP contribution < -0.4 is 0 Å². The Morgan fingerprint density at radius 1 is 1.21 bits per heavy atom. The summed E-state index contributed by atoms with van der Waals surface area (Å²) in [6.07, 6.45) is 5.98. The Labute approximate surface area is 85.9 Å². The third kappa shape index (κ3) is 3.13. The van der Waals surface area contributed by atoms with Gasteiger partial charge >= 0.3 is 0 Å². The number of nitrogens with zero attached hydrogens (tertiary/aromatic N) is 2. The average molecular weight is 196 g/mol. The van der Waals surface area contributed by atoms with Crippen molar-refractivity contribution in [1.29, 1.82) is 0 Å². The van der Waals surface area contributed by atoms with E-state index in [1.807, 2.05) is 6.92 Å². The van der Waals surface area contributed by atoms with E-state index in [0.717, 1.165) is 18.1 Å². The van der Waals surface area contributed by atoms with Crippen LogP contribution >= 0.6 is 0 Å². The molecule has 80 valence electrons. The van der Waals surface area contributed by atoms with E-state index in [-0.39, 0.29) is 0 Å². The van der Waals surface area contributed by atoms with Crippen molar-refractivity contribution >= 4 is 0 Å². The highest BCUT2D eigenvalue weighted by Crippen LogP contribution is 2.25. The summed E-state index contributed by atoms with van der Waals surface area (Å²) in [4.78, 5) is 4.30. The van der Waals surface area contributed by atoms with E-state index in [4.69, 9.17) is 4.52 Å². The quantitative estimate of drug-likeness (QED) is 0.699. The highest BCUT2D eigenvalue weighted by molar-refractivity contribution is 4.92. The zero-order valence-electron chi connectivity index (χ0n) is 9.42. The largest absolute Gasteiger partial charge is 0.339 e. The molecule has 1 unspecified atom stereocenters. The van der Waals surface area contributed by atoms with Gasteiger partial charge in [-0.2, -0.15) is 4.98 Å². The number of aromatic nitrogens is 2. The van der Waals surface area contributed by atoms with Crippen LogP contribution in [0.4, 0.5) is 0 Å². The minimum Gasteiger partial charge on any atom is -0.339 e. The van der Waals surface area contributed by atoms with Gasteiger partial charge in [-0.15, -0.1) is 0 Å². The van der Waals surface area contributed by atoms with Crippen molar-refractivity contribution in [3.63, 3.8) is 0 Å². The average Bonchev–Trinajstić information content (AvgIpc) is 2.59. The van der Waals surface area contributed by atoms with Crippen LogP contribution in [0.3, 0.4) is 0 Å². The van der Waals surface area contributed by atoms with Crippen LogP contribution in [0, 0.1) is 6.92 Å². The standard InChI is InChI=1S/C11H20N2O/c1-4-6-8-10(7-5-2)11-12-9(3)13-14-11/h10H,4-8H2,1-3H3. The lowest BCUT2D eigenvalue weighted by molar-refractivity contribution is 0.333. The summed E-state index contributed by atoms with van der Waals surface area (Å²) < 4.78 is 5.21. The summed E-state index contributed by atoms with van der Waals surface area (Å²) in [7, 11) is 0. The van der Waals surface area contributed by atoms with E-state index in [0.29, 0.717) is 5.92 Å². The highest BCUT2D eigenvalue weighted by Gasteiger charge is 2.16. The van der Waals surface area contributed by atoms with E-state index in [1.54, 1.807) is 0 Å². The van der Waals surface area contributed by atoms with Crippen molar-refractivity contribution in [2.75, 3.05) is 0 Å². The van der Waals surface area contributed by atoms with Gasteiger partial charge in [0.15, 0.2) is 5.82 Å². The normalized spacial score (nSPS) is 13.1. The number of hydrogen-bond donors (Lipinski definition) is 0. The first-order valence-electron chi connectivity index (χ1n) is 5.58. The van der Waals surface area contributed by atoms with Gasteiger partial charge in [0, 0.05) is 5.92 Å². The second-order valence-electron chi connectivity index (χ2n) is 3.81. The first-order valence-corrected chi connectivity index (χ1v) is 5.58. The monoisotopic (exact) mass is 196 g/mol. The van der Waals surface area contributed by atoms with Gasteiger partial charge < -0.3 is 4.52 Å². The molecule has 3 heteroatoms. The summed E-state index contributed by atoms with van der Waals surface area (Å²) in [5, 5.41) is 3.84. The number of hydrogen-bond acceptors (Lipinski definition) is 3. The molecule has 0 radical (unpaired) electrons. The van der Waals surface area contributed by atoms with E-state index in [2.05, 4.69) is 24.0 Å². The van der Waals surface area contributed by atoms with Crippen LogP contribution in [0.2, 0.25) is 0 Å². The molecule has 0 N–H and O–H groups in total. The van der Waals surface area contributed by atoms with E-state index >= 15 is 0 Å². The summed E-state index contributed by atoms with van der Waals surface area (Å²) in [5.41, 5.74) is 0. The van der Waals surface area contributed by atoms with Gasteiger partial charge in [-0.05, 0) is 19.8 Å². The van der Waals surface area contributed by atoms with Crippen molar-refractivity contribution in [2.45, 2.75) is 58.8 Å². The van der Waals surface area contributed by atoms with Crippen LogP contribution in [-0.2, 0) is 0 Å². The number of aryl methyl sites for hydroxylation is 1. The maximum absolute atomic E-state index is 5.21. The molecular formula is C11H20N2O. The predicted octanol–water partition coefficient (Wildman–Crippen LogP) is 3.45. The molecule has 1 aromatic rings. The third-order valence-corrected chi connectivity index (χ3v) is 2.44. The Morgan fingerprint density at radius 3 is 2.50 bits per heavy atom.